The molecule has 0 unspecified atom stereocenters. The summed E-state index contributed by atoms with van der Waals surface area (Å²) in [6, 6.07) is 23.6. The van der Waals surface area contributed by atoms with E-state index >= 15 is 0 Å². The van der Waals surface area contributed by atoms with Gasteiger partial charge in [-0.15, -0.1) is 0 Å². The third-order valence-electron chi connectivity index (χ3n) is 3.96. The number of hydrogen-bond donors (Lipinski definition) is 1. The number of nitrogens with one attached hydrogen (secondary N) is 1. The number of hydrogen-bond acceptors (Lipinski definition) is 3. The van der Waals surface area contributed by atoms with E-state index in [-0.39, 0.29) is 11.8 Å². The molecule has 1 N–H and O–H groups in total. The Balaban J connectivity index is 1.87. The molecule has 124 valence electrons. The van der Waals surface area contributed by atoms with Gasteiger partial charge in [0.25, 0.3) is 5.91 Å². The molecule has 25 heavy (non-hydrogen) atoms. The number of rotatable bonds is 5. The van der Waals surface area contributed by atoms with Crippen molar-refractivity contribution in [3.63, 3.8) is 0 Å². The normalized spacial score (nSPS) is 11.4. The third kappa shape index (κ3) is 4.18. The maximum absolute atomic E-state index is 12.2. The van der Waals surface area contributed by atoms with Crippen molar-refractivity contribution in [2.75, 3.05) is 0 Å². The molecule has 0 saturated heterocycles. The number of hydrazone groups is 1. The molecule has 0 bridgehead atoms. The molecule has 2 aromatic carbocycles. The predicted molar refractivity (Wildman–Crippen MR) is 99.5 cm³/mol. The van der Waals surface area contributed by atoms with Gasteiger partial charge in [0.15, 0.2) is 0 Å². The maximum atomic E-state index is 12.2. The molecule has 1 amide bonds. The summed E-state index contributed by atoms with van der Waals surface area (Å²) < 4.78 is 0. The highest BCUT2D eigenvalue weighted by atomic mass is 16.2. The van der Waals surface area contributed by atoms with E-state index in [1.807, 2.05) is 43.3 Å². The molecule has 3 rings (SSSR count). The fraction of sp³-hybridized carbons (Fsp3) is 0.0952. The molecule has 0 saturated carbocycles. The fourth-order valence-corrected chi connectivity index (χ4v) is 2.74. The lowest BCUT2D eigenvalue weighted by molar-refractivity contribution is 0.0954. The van der Waals surface area contributed by atoms with Crippen LogP contribution >= 0.6 is 0 Å². The zero-order valence-electron chi connectivity index (χ0n) is 14.0. The predicted octanol–water partition coefficient (Wildman–Crippen LogP) is 4.02. The summed E-state index contributed by atoms with van der Waals surface area (Å²) in [7, 11) is 0. The van der Waals surface area contributed by atoms with E-state index in [1.54, 1.807) is 24.5 Å². The van der Waals surface area contributed by atoms with E-state index in [4.69, 9.17) is 0 Å². The third-order valence-corrected chi connectivity index (χ3v) is 3.96. The molecule has 0 radical (unpaired) electrons. The van der Waals surface area contributed by atoms with E-state index < -0.39 is 0 Å². The van der Waals surface area contributed by atoms with Gasteiger partial charge in [0, 0.05) is 29.6 Å². The molecule has 1 aromatic heterocycles. The molecule has 0 fully saturated rings. The van der Waals surface area contributed by atoms with Crippen LogP contribution in [0.4, 0.5) is 0 Å². The van der Waals surface area contributed by atoms with E-state index in [0.717, 1.165) is 16.8 Å². The number of nitrogens with zero attached hydrogens (tertiary/aromatic N) is 2. The van der Waals surface area contributed by atoms with Crippen molar-refractivity contribution in [2.24, 2.45) is 5.10 Å². The molecule has 1 heterocycles. The number of aromatic nitrogens is 1. The Morgan fingerprint density at radius 2 is 1.40 bits per heavy atom. The Morgan fingerprint density at radius 3 is 1.92 bits per heavy atom. The van der Waals surface area contributed by atoms with Gasteiger partial charge in [-0.3, -0.25) is 9.78 Å². The van der Waals surface area contributed by atoms with Gasteiger partial charge in [0.05, 0.1) is 0 Å². The van der Waals surface area contributed by atoms with Crippen molar-refractivity contribution in [2.45, 2.75) is 12.8 Å². The van der Waals surface area contributed by atoms with Crippen molar-refractivity contribution in [3.05, 3.63) is 102 Å². The van der Waals surface area contributed by atoms with Gasteiger partial charge < -0.3 is 0 Å². The van der Waals surface area contributed by atoms with Gasteiger partial charge >= 0.3 is 0 Å². The van der Waals surface area contributed by atoms with Gasteiger partial charge in [0.1, 0.15) is 0 Å². The van der Waals surface area contributed by atoms with Crippen molar-refractivity contribution in [1.29, 1.82) is 0 Å². The van der Waals surface area contributed by atoms with Crippen LogP contribution in [-0.4, -0.2) is 16.6 Å². The van der Waals surface area contributed by atoms with E-state index in [1.165, 1.54) is 0 Å². The van der Waals surface area contributed by atoms with E-state index in [2.05, 4.69) is 39.8 Å². The minimum atomic E-state index is -0.248. The number of amides is 1. The quantitative estimate of drug-likeness (QED) is 0.568. The van der Waals surface area contributed by atoms with Crippen molar-refractivity contribution in [3.8, 4) is 0 Å². The monoisotopic (exact) mass is 329 g/mol. The van der Waals surface area contributed by atoms with Gasteiger partial charge in [-0.2, -0.15) is 5.10 Å². The summed E-state index contributed by atoms with van der Waals surface area (Å²) in [6.45, 7) is 1.93. The summed E-state index contributed by atoms with van der Waals surface area (Å²) in [4.78, 5) is 16.1. The van der Waals surface area contributed by atoms with Gasteiger partial charge in [0.2, 0.25) is 0 Å². The second kappa shape index (κ2) is 8.02. The summed E-state index contributed by atoms with van der Waals surface area (Å²) >= 11 is 0. The average molecular weight is 329 g/mol. The minimum absolute atomic E-state index is 0.0138. The first-order chi connectivity index (χ1) is 12.3. The summed E-state index contributed by atoms with van der Waals surface area (Å²) in [6.07, 6.45) is 3.17. The SMILES string of the molecule is C/C(=N\NC(=O)c1ccncc1)C(c1ccccc1)c1ccccc1. The average Bonchev–Trinajstić information content (AvgIpc) is 2.69. The van der Waals surface area contributed by atoms with E-state index in [9.17, 15) is 4.79 Å². The highest BCUT2D eigenvalue weighted by molar-refractivity contribution is 5.97. The van der Waals surface area contributed by atoms with Gasteiger partial charge in [-0.05, 0) is 30.2 Å². The topological polar surface area (TPSA) is 54.4 Å². The minimum Gasteiger partial charge on any atom is -0.267 e. The highest BCUT2D eigenvalue weighted by Crippen LogP contribution is 2.26. The first-order valence-corrected chi connectivity index (χ1v) is 8.10. The number of pyridine rings is 1. The number of benzene rings is 2. The summed E-state index contributed by atoms with van der Waals surface area (Å²) in [5.74, 6) is -0.262. The maximum Gasteiger partial charge on any atom is 0.271 e. The molecule has 4 heteroatoms. The first kappa shape index (κ1) is 16.6. The highest BCUT2D eigenvalue weighted by Gasteiger charge is 2.17. The van der Waals surface area contributed by atoms with Crippen LogP contribution in [0.3, 0.4) is 0 Å². The zero-order valence-corrected chi connectivity index (χ0v) is 14.0. The lowest BCUT2D eigenvalue weighted by atomic mass is 9.88. The lowest BCUT2D eigenvalue weighted by Crippen LogP contribution is -2.21. The van der Waals surface area contributed by atoms with Crippen LogP contribution in [0.2, 0.25) is 0 Å². The van der Waals surface area contributed by atoms with Crippen LogP contribution in [-0.2, 0) is 0 Å². The molecule has 0 aliphatic rings. The molecule has 4 nitrogen and oxygen atoms in total. The van der Waals surface area contributed by atoms with Gasteiger partial charge in [-0.1, -0.05) is 60.7 Å². The largest absolute Gasteiger partial charge is 0.271 e. The second-order valence-electron chi connectivity index (χ2n) is 5.68. The Bertz CT molecular complexity index is 807. The van der Waals surface area contributed by atoms with Crippen molar-refractivity contribution < 1.29 is 4.79 Å². The van der Waals surface area contributed by atoms with Crippen LogP contribution in [0.25, 0.3) is 0 Å². The molecule has 0 atom stereocenters. The molecular weight excluding hydrogens is 310 g/mol. The van der Waals surface area contributed by atoms with Crippen LogP contribution in [0.5, 0.6) is 0 Å². The lowest BCUT2D eigenvalue weighted by Gasteiger charge is -2.18. The molecule has 0 spiro atoms. The molecule has 3 aromatic rings. The fourth-order valence-electron chi connectivity index (χ4n) is 2.74. The Morgan fingerprint density at radius 1 is 0.880 bits per heavy atom. The second-order valence-corrected chi connectivity index (χ2v) is 5.68. The molecule has 0 aliphatic heterocycles. The van der Waals surface area contributed by atoms with Crippen LogP contribution in [0.15, 0.2) is 90.3 Å². The van der Waals surface area contributed by atoms with Crippen molar-refractivity contribution >= 4 is 11.6 Å². The van der Waals surface area contributed by atoms with Crippen LogP contribution < -0.4 is 5.43 Å². The summed E-state index contributed by atoms with van der Waals surface area (Å²) in [5.41, 5.74) is 6.25. The Hall–Kier alpha value is -3.27. The first-order valence-electron chi connectivity index (χ1n) is 8.10. The zero-order chi connectivity index (χ0) is 17.5. The Kier molecular flexibility index (Phi) is 5.32. The van der Waals surface area contributed by atoms with Crippen LogP contribution in [0.1, 0.15) is 34.3 Å². The number of carbonyl (C=O) groups excluding carboxylic acids is 1. The molecule has 0 aliphatic carbocycles. The smallest absolute Gasteiger partial charge is 0.267 e. The van der Waals surface area contributed by atoms with Crippen molar-refractivity contribution in [1.82, 2.24) is 10.4 Å². The Labute approximate surface area is 147 Å². The standard InChI is InChI=1S/C21H19N3O/c1-16(23-24-21(25)19-12-14-22-15-13-19)20(17-8-4-2-5-9-17)18-10-6-3-7-11-18/h2-15,20H,1H3,(H,24,25)/b23-16+. The number of carbonyl (C=O) groups is 1. The van der Waals surface area contributed by atoms with Gasteiger partial charge in [-0.25, -0.2) is 5.43 Å². The van der Waals surface area contributed by atoms with E-state index in [0.29, 0.717) is 5.56 Å². The van der Waals surface area contributed by atoms with Crippen LogP contribution in [0, 0.1) is 0 Å². The summed E-state index contributed by atoms with van der Waals surface area (Å²) in [5, 5.41) is 4.35. The molecular formula is C21H19N3O.